The average molecular weight is 288 g/mol. The topological polar surface area (TPSA) is 66.0 Å². The van der Waals surface area contributed by atoms with E-state index in [0.29, 0.717) is 5.56 Å². The molecule has 4 aliphatic rings. The van der Waals surface area contributed by atoms with Gasteiger partial charge in [-0.3, -0.25) is 4.79 Å². The van der Waals surface area contributed by atoms with Crippen molar-refractivity contribution in [2.24, 2.45) is 17.8 Å². The van der Waals surface area contributed by atoms with Gasteiger partial charge in [0.2, 0.25) is 5.88 Å². The summed E-state index contributed by atoms with van der Waals surface area (Å²) in [6, 6.07) is 0. The molecule has 1 aromatic rings. The second kappa shape index (κ2) is 4.34. The molecule has 0 unspecified atom stereocenters. The molecular weight excluding hydrogens is 264 g/mol. The number of nitrogens with one attached hydrogen (secondary N) is 1. The van der Waals surface area contributed by atoms with Crippen LogP contribution in [0.4, 0.5) is 0 Å². The van der Waals surface area contributed by atoms with Crippen LogP contribution >= 0.6 is 0 Å². The molecule has 2 N–H and O–H groups in total. The summed E-state index contributed by atoms with van der Waals surface area (Å²) in [6.07, 6.45) is 7.51. The minimum Gasteiger partial charge on any atom is -0.493 e. The highest BCUT2D eigenvalue weighted by Crippen LogP contribution is 2.60. The van der Waals surface area contributed by atoms with E-state index in [2.05, 4.69) is 9.97 Å². The molecule has 4 heteroatoms. The van der Waals surface area contributed by atoms with Crippen molar-refractivity contribution in [1.82, 2.24) is 9.97 Å². The molecule has 0 radical (unpaired) electrons. The van der Waals surface area contributed by atoms with Crippen molar-refractivity contribution in [1.29, 1.82) is 0 Å². The van der Waals surface area contributed by atoms with E-state index >= 15 is 0 Å². The van der Waals surface area contributed by atoms with Gasteiger partial charge in [-0.25, -0.2) is 0 Å². The number of H-pyrrole nitrogens is 1. The van der Waals surface area contributed by atoms with Gasteiger partial charge in [-0.2, -0.15) is 4.98 Å². The van der Waals surface area contributed by atoms with Crippen molar-refractivity contribution in [2.45, 2.75) is 63.7 Å². The van der Waals surface area contributed by atoms with Crippen LogP contribution in [0.3, 0.4) is 0 Å². The maximum Gasteiger partial charge on any atom is 0.258 e. The Morgan fingerprint density at radius 3 is 2.10 bits per heavy atom. The second-order valence-corrected chi connectivity index (χ2v) is 8.00. The molecule has 1 aromatic heterocycles. The quantitative estimate of drug-likeness (QED) is 0.879. The molecule has 0 atom stereocenters. The molecule has 0 aromatic carbocycles. The van der Waals surface area contributed by atoms with Gasteiger partial charge in [-0.05, 0) is 62.2 Å². The SMILES string of the molecule is CC(C)c1c(O)nc(C23CC4CC(CC(C4)C2)C3)[nH]c1=O. The Morgan fingerprint density at radius 1 is 1.14 bits per heavy atom. The number of aromatic nitrogens is 2. The van der Waals surface area contributed by atoms with E-state index in [1.807, 2.05) is 13.8 Å². The number of aromatic hydroxyl groups is 1. The minimum absolute atomic E-state index is 0.00772. The summed E-state index contributed by atoms with van der Waals surface area (Å²) in [5.74, 6) is 3.09. The first-order valence-corrected chi connectivity index (χ1v) is 8.30. The van der Waals surface area contributed by atoms with E-state index < -0.39 is 0 Å². The zero-order chi connectivity index (χ0) is 14.8. The molecule has 0 aliphatic heterocycles. The zero-order valence-corrected chi connectivity index (χ0v) is 12.9. The highest BCUT2D eigenvalue weighted by molar-refractivity contribution is 5.28. The Labute approximate surface area is 125 Å². The Hall–Kier alpha value is -1.32. The first kappa shape index (κ1) is 13.4. The van der Waals surface area contributed by atoms with Crippen LogP contribution in [0.1, 0.15) is 69.7 Å². The van der Waals surface area contributed by atoms with Crippen LogP contribution in [0.2, 0.25) is 0 Å². The molecule has 0 spiro atoms. The summed E-state index contributed by atoms with van der Waals surface area (Å²) >= 11 is 0. The first-order chi connectivity index (χ1) is 9.97. The number of nitrogens with zero attached hydrogens (tertiary/aromatic N) is 1. The van der Waals surface area contributed by atoms with E-state index in [-0.39, 0.29) is 22.8 Å². The molecule has 21 heavy (non-hydrogen) atoms. The molecule has 1 heterocycles. The first-order valence-electron chi connectivity index (χ1n) is 8.30. The van der Waals surface area contributed by atoms with Gasteiger partial charge < -0.3 is 10.1 Å². The summed E-state index contributed by atoms with van der Waals surface area (Å²) < 4.78 is 0. The molecule has 0 amide bonds. The highest BCUT2D eigenvalue weighted by Gasteiger charge is 2.53. The maximum atomic E-state index is 12.3. The molecular formula is C17H24N2O2. The van der Waals surface area contributed by atoms with E-state index in [9.17, 15) is 9.90 Å². The monoisotopic (exact) mass is 288 g/mol. The predicted molar refractivity (Wildman–Crippen MR) is 80.5 cm³/mol. The van der Waals surface area contributed by atoms with Crippen molar-refractivity contribution >= 4 is 0 Å². The fourth-order valence-electron chi connectivity index (χ4n) is 5.64. The lowest BCUT2D eigenvalue weighted by Crippen LogP contribution is -2.50. The molecule has 4 aliphatic carbocycles. The summed E-state index contributed by atoms with van der Waals surface area (Å²) in [5.41, 5.74) is 0.299. The normalized spacial score (nSPS) is 37.4. The van der Waals surface area contributed by atoms with E-state index in [1.165, 1.54) is 19.3 Å². The lowest BCUT2D eigenvalue weighted by molar-refractivity contribution is -0.00979. The highest BCUT2D eigenvalue weighted by atomic mass is 16.3. The van der Waals surface area contributed by atoms with Gasteiger partial charge in [0.05, 0.1) is 5.56 Å². The standard InChI is InChI=1S/C17H24N2O2/c1-9(2)13-14(20)18-16(19-15(13)21)17-6-10-3-11(7-17)5-12(4-10)8-17/h9-12H,3-8H2,1-2H3,(H2,18,19,20,21). The third-order valence-electron chi connectivity index (χ3n) is 6.05. The van der Waals surface area contributed by atoms with Crippen LogP contribution in [0.15, 0.2) is 4.79 Å². The van der Waals surface area contributed by atoms with Gasteiger partial charge >= 0.3 is 0 Å². The predicted octanol–water partition coefficient (Wildman–Crippen LogP) is 3.07. The molecule has 4 bridgehead atoms. The van der Waals surface area contributed by atoms with Crippen molar-refractivity contribution in [3.63, 3.8) is 0 Å². The molecule has 4 nitrogen and oxygen atoms in total. The molecule has 5 rings (SSSR count). The average Bonchev–Trinajstić information content (AvgIpc) is 2.35. The number of aromatic amines is 1. The van der Waals surface area contributed by atoms with Gasteiger partial charge in [-0.1, -0.05) is 13.8 Å². The summed E-state index contributed by atoms with van der Waals surface area (Å²) in [5, 5.41) is 10.2. The lowest BCUT2D eigenvalue weighted by atomic mass is 9.49. The van der Waals surface area contributed by atoms with E-state index in [0.717, 1.165) is 42.8 Å². The molecule has 0 saturated heterocycles. The van der Waals surface area contributed by atoms with Gasteiger partial charge in [0.25, 0.3) is 5.56 Å². The van der Waals surface area contributed by atoms with Crippen LogP contribution in [-0.4, -0.2) is 15.1 Å². The summed E-state index contributed by atoms with van der Waals surface area (Å²) in [4.78, 5) is 19.8. The number of rotatable bonds is 2. The van der Waals surface area contributed by atoms with Crippen LogP contribution in [0.25, 0.3) is 0 Å². The van der Waals surface area contributed by atoms with Gasteiger partial charge in [-0.15, -0.1) is 0 Å². The molecule has 114 valence electrons. The van der Waals surface area contributed by atoms with Crippen molar-refractivity contribution < 1.29 is 5.11 Å². The fraction of sp³-hybridized carbons (Fsp3) is 0.765. The third kappa shape index (κ3) is 1.95. The van der Waals surface area contributed by atoms with E-state index in [1.54, 1.807) is 0 Å². The van der Waals surface area contributed by atoms with Crippen LogP contribution in [-0.2, 0) is 5.41 Å². The van der Waals surface area contributed by atoms with Gasteiger partial charge in [0.15, 0.2) is 0 Å². The maximum absolute atomic E-state index is 12.3. The van der Waals surface area contributed by atoms with Crippen LogP contribution < -0.4 is 5.56 Å². The van der Waals surface area contributed by atoms with Crippen molar-refractivity contribution in [3.8, 4) is 5.88 Å². The molecule has 4 fully saturated rings. The summed E-state index contributed by atoms with van der Waals surface area (Å²) in [7, 11) is 0. The lowest BCUT2D eigenvalue weighted by Gasteiger charge is -2.56. The Kier molecular flexibility index (Phi) is 2.76. The Morgan fingerprint density at radius 2 is 1.67 bits per heavy atom. The minimum atomic E-state index is -0.150. The zero-order valence-electron chi connectivity index (χ0n) is 12.9. The Bertz CT molecular complexity index is 597. The molecule has 4 saturated carbocycles. The fourth-order valence-corrected chi connectivity index (χ4v) is 5.64. The second-order valence-electron chi connectivity index (χ2n) is 8.00. The summed E-state index contributed by atoms with van der Waals surface area (Å²) in [6.45, 7) is 3.83. The van der Waals surface area contributed by atoms with Crippen molar-refractivity contribution in [2.75, 3.05) is 0 Å². The van der Waals surface area contributed by atoms with E-state index in [4.69, 9.17) is 0 Å². The largest absolute Gasteiger partial charge is 0.493 e. The number of hydrogen-bond donors (Lipinski definition) is 2. The van der Waals surface area contributed by atoms with Crippen molar-refractivity contribution in [3.05, 3.63) is 21.7 Å². The van der Waals surface area contributed by atoms with Gasteiger partial charge in [0, 0.05) is 5.41 Å². The van der Waals surface area contributed by atoms with Crippen LogP contribution in [0.5, 0.6) is 5.88 Å². The number of hydrogen-bond acceptors (Lipinski definition) is 3. The Balaban J connectivity index is 1.79. The smallest absolute Gasteiger partial charge is 0.258 e. The van der Waals surface area contributed by atoms with Crippen LogP contribution in [0, 0.1) is 17.8 Å². The van der Waals surface area contributed by atoms with Gasteiger partial charge in [0.1, 0.15) is 5.82 Å². The third-order valence-corrected chi connectivity index (χ3v) is 6.05.